The minimum absolute atomic E-state index is 0.112. The first-order chi connectivity index (χ1) is 12.2. The van der Waals surface area contributed by atoms with E-state index in [0.717, 1.165) is 17.5 Å². The van der Waals surface area contributed by atoms with Crippen LogP contribution in [-0.2, 0) is 17.8 Å². The second-order valence-corrected chi connectivity index (χ2v) is 5.58. The van der Waals surface area contributed by atoms with E-state index < -0.39 is 0 Å². The standard InChI is InChI=1S/C18H19N5O2/c24-17(19-11-4-8-15-6-2-1-3-7-15)14-23-18(25)10-9-16(21-23)22-13-5-12-20-22/h1-3,5-7,9-10,12-13H,4,8,11,14H2,(H,19,24). The molecular formula is C18H19N5O2. The van der Waals surface area contributed by atoms with Crippen molar-refractivity contribution in [1.29, 1.82) is 0 Å². The van der Waals surface area contributed by atoms with E-state index in [4.69, 9.17) is 0 Å². The molecule has 1 N–H and O–H groups in total. The highest BCUT2D eigenvalue weighted by Crippen LogP contribution is 2.01. The van der Waals surface area contributed by atoms with Crippen molar-refractivity contribution in [2.45, 2.75) is 19.4 Å². The van der Waals surface area contributed by atoms with Gasteiger partial charge in [-0.25, -0.2) is 9.36 Å². The van der Waals surface area contributed by atoms with E-state index in [1.54, 1.807) is 24.5 Å². The third kappa shape index (κ3) is 4.63. The summed E-state index contributed by atoms with van der Waals surface area (Å²) in [7, 11) is 0. The molecule has 0 spiro atoms. The number of rotatable bonds is 7. The average molecular weight is 337 g/mol. The van der Waals surface area contributed by atoms with Crippen molar-refractivity contribution in [3.8, 4) is 5.82 Å². The Hall–Kier alpha value is -3.22. The maximum atomic E-state index is 12.0. The third-order valence-corrected chi connectivity index (χ3v) is 3.69. The topological polar surface area (TPSA) is 81.8 Å². The summed E-state index contributed by atoms with van der Waals surface area (Å²) < 4.78 is 2.68. The van der Waals surface area contributed by atoms with Crippen molar-refractivity contribution in [3.63, 3.8) is 0 Å². The van der Waals surface area contributed by atoms with Gasteiger partial charge < -0.3 is 5.32 Å². The van der Waals surface area contributed by atoms with Crippen molar-refractivity contribution in [2.24, 2.45) is 0 Å². The molecule has 2 aromatic heterocycles. The third-order valence-electron chi connectivity index (χ3n) is 3.69. The SMILES string of the molecule is O=C(Cn1nc(-n2cccn2)ccc1=O)NCCCc1ccccc1. The van der Waals surface area contributed by atoms with Gasteiger partial charge in [0.1, 0.15) is 6.54 Å². The van der Waals surface area contributed by atoms with Crippen LogP contribution < -0.4 is 10.9 Å². The first-order valence-electron chi connectivity index (χ1n) is 8.11. The summed E-state index contributed by atoms with van der Waals surface area (Å²) in [4.78, 5) is 23.9. The molecule has 128 valence electrons. The van der Waals surface area contributed by atoms with Gasteiger partial charge in [-0.2, -0.15) is 5.10 Å². The van der Waals surface area contributed by atoms with Crippen LogP contribution in [0.15, 0.2) is 65.7 Å². The van der Waals surface area contributed by atoms with Crippen LogP contribution in [-0.4, -0.2) is 32.0 Å². The van der Waals surface area contributed by atoms with E-state index in [1.165, 1.54) is 16.3 Å². The van der Waals surface area contributed by atoms with E-state index in [1.807, 2.05) is 18.2 Å². The van der Waals surface area contributed by atoms with Crippen molar-refractivity contribution in [2.75, 3.05) is 6.54 Å². The van der Waals surface area contributed by atoms with Crippen LogP contribution in [0, 0.1) is 0 Å². The van der Waals surface area contributed by atoms with Gasteiger partial charge in [0, 0.05) is 25.0 Å². The van der Waals surface area contributed by atoms with Crippen molar-refractivity contribution >= 4 is 5.91 Å². The lowest BCUT2D eigenvalue weighted by Gasteiger charge is -2.08. The van der Waals surface area contributed by atoms with Crippen LogP contribution in [0.3, 0.4) is 0 Å². The normalized spacial score (nSPS) is 10.6. The quantitative estimate of drug-likeness (QED) is 0.656. The van der Waals surface area contributed by atoms with Gasteiger partial charge in [0.15, 0.2) is 5.82 Å². The fourth-order valence-electron chi connectivity index (χ4n) is 2.43. The Morgan fingerprint density at radius 1 is 1.08 bits per heavy atom. The maximum absolute atomic E-state index is 12.0. The van der Waals surface area contributed by atoms with Crippen LogP contribution in [0.25, 0.3) is 5.82 Å². The molecule has 1 amide bonds. The smallest absolute Gasteiger partial charge is 0.267 e. The number of carbonyl (C=O) groups is 1. The largest absolute Gasteiger partial charge is 0.354 e. The monoisotopic (exact) mass is 337 g/mol. The molecule has 1 aromatic carbocycles. The van der Waals surface area contributed by atoms with Crippen LogP contribution >= 0.6 is 0 Å². The Bertz CT molecular complexity index is 872. The Labute approximate surface area is 144 Å². The Morgan fingerprint density at radius 2 is 1.92 bits per heavy atom. The molecule has 25 heavy (non-hydrogen) atoms. The summed E-state index contributed by atoms with van der Waals surface area (Å²) in [5.41, 5.74) is 0.914. The molecule has 3 rings (SSSR count). The molecule has 7 heteroatoms. The number of benzene rings is 1. The molecule has 0 aliphatic carbocycles. The van der Waals surface area contributed by atoms with Gasteiger partial charge in [-0.15, -0.1) is 5.10 Å². The van der Waals surface area contributed by atoms with Crippen LogP contribution in [0.5, 0.6) is 0 Å². The lowest BCUT2D eigenvalue weighted by atomic mass is 10.1. The molecule has 0 saturated heterocycles. The van der Waals surface area contributed by atoms with E-state index in [2.05, 4.69) is 27.6 Å². The molecule has 7 nitrogen and oxygen atoms in total. The molecule has 0 aliphatic heterocycles. The highest BCUT2D eigenvalue weighted by molar-refractivity contribution is 5.75. The fraction of sp³-hybridized carbons (Fsp3) is 0.222. The highest BCUT2D eigenvalue weighted by atomic mass is 16.2. The predicted octanol–water partition coefficient (Wildman–Crippen LogP) is 1.18. The maximum Gasteiger partial charge on any atom is 0.267 e. The van der Waals surface area contributed by atoms with Gasteiger partial charge in [-0.05, 0) is 30.5 Å². The van der Waals surface area contributed by atoms with Crippen molar-refractivity contribution in [1.82, 2.24) is 24.9 Å². The minimum atomic E-state index is -0.324. The minimum Gasteiger partial charge on any atom is -0.354 e. The van der Waals surface area contributed by atoms with Gasteiger partial charge >= 0.3 is 0 Å². The number of aryl methyl sites for hydroxylation is 1. The van der Waals surface area contributed by atoms with E-state index in [-0.39, 0.29) is 18.0 Å². The predicted molar refractivity (Wildman–Crippen MR) is 93.4 cm³/mol. The summed E-state index contributed by atoms with van der Waals surface area (Å²) >= 11 is 0. The average Bonchev–Trinajstić information content (AvgIpc) is 3.16. The first-order valence-corrected chi connectivity index (χ1v) is 8.11. The molecule has 0 atom stereocenters. The van der Waals surface area contributed by atoms with Gasteiger partial charge in [0.2, 0.25) is 5.91 Å². The number of carbonyl (C=O) groups excluding carboxylic acids is 1. The summed E-state index contributed by atoms with van der Waals surface area (Å²) in [6.07, 6.45) is 5.08. The molecular weight excluding hydrogens is 318 g/mol. The highest BCUT2D eigenvalue weighted by Gasteiger charge is 2.07. The lowest BCUT2D eigenvalue weighted by molar-refractivity contribution is -0.121. The Morgan fingerprint density at radius 3 is 2.68 bits per heavy atom. The molecule has 2 heterocycles. The van der Waals surface area contributed by atoms with Gasteiger partial charge in [0.05, 0.1) is 0 Å². The van der Waals surface area contributed by atoms with E-state index in [9.17, 15) is 9.59 Å². The lowest BCUT2D eigenvalue weighted by Crippen LogP contribution is -2.34. The number of nitrogens with one attached hydrogen (secondary N) is 1. The molecule has 0 bridgehead atoms. The number of hydrogen-bond donors (Lipinski definition) is 1. The number of aromatic nitrogens is 4. The van der Waals surface area contributed by atoms with E-state index >= 15 is 0 Å². The van der Waals surface area contributed by atoms with Gasteiger partial charge in [-0.1, -0.05) is 30.3 Å². The summed E-state index contributed by atoms with van der Waals surface area (Å²) in [6, 6.07) is 14.8. The zero-order chi connectivity index (χ0) is 17.5. The summed E-state index contributed by atoms with van der Waals surface area (Å²) in [5.74, 6) is 0.252. The molecule has 0 saturated carbocycles. The Balaban J connectivity index is 1.52. The number of hydrogen-bond acceptors (Lipinski definition) is 4. The summed E-state index contributed by atoms with van der Waals surface area (Å²) in [5, 5.41) is 11.1. The zero-order valence-corrected chi connectivity index (χ0v) is 13.7. The van der Waals surface area contributed by atoms with Crippen LogP contribution in [0.4, 0.5) is 0 Å². The molecule has 0 unspecified atom stereocenters. The van der Waals surface area contributed by atoms with Gasteiger partial charge in [-0.3, -0.25) is 9.59 Å². The second-order valence-electron chi connectivity index (χ2n) is 5.58. The fourth-order valence-corrected chi connectivity index (χ4v) is 2.43. The zero-order valence-electron chi connectivity index (χ0n) is 13.7. The molecule has 0 fully saturated rings. The second kappa shape index (κ2) is 8.05. The molecule has 0 radical (unpaired) electrons. The molecule has 3 aromatic rings. The Kier molecular flexibility index (Phi) is 5.36. The van der Waals surface area contributed by atoms with Crippen LogP contribution in [0.2, 0.25) is 0 Å². The first kappa shape index (κ1) is 16.6. The van der Waals surface area contributed by atoms with Gasteiger partial charge in [0.25, 0.3) is 5.56 Å². The van der Waals surface area contributed by atoms with Crippen molar-refractivity contribution < 1.29 is 4.79 Å². The van der Waals surface area contributed by atoms with Crippen LogP contribution in [0.1, 0.15) is 12.0 Å². The van der Waals surface area contributed by atoms with E-state index in [0.29, 0.717) is 12.4 Å². The molecule has 0 aliphatic rings. The summed E-state index contributed by atoms with van der Waals surface area (Å²) in [6.45, 7) is 0.445. The van der Waals surface area contributed by atoms with Crippen molar-refractivity contribution in [3.05, 3.63) is 76.8 Å². The number of amides is 1. The number of nitrogens with zero attached hydrogens (tertiary/aromatic N) is 4.